The second-order valence-electron chi connectivity index (χ2n) is 6.12. The first-order valence-electron chi connectivity index (χ1n) is 8.13. The lowest BCUT2D eigenvalue weighted by molar-refractivity contribution is -0.129. The smallest absolute Gasteiger partial charge is 0.270 e. The highest BCUT2D eigenvalue weighted by Gasteiger charge is 2.34. The van der Waals surface area contributed by atoms with Crippen LogP contribution in [0.5, 0.6) is 0 Å². The van der Waals surface area contributed by atoms with Gasteiger partial charge in [0.15, 0.2) is 5.84 Å². The minimum atomic E-state index is -0.744. The van der Waals surface area contributed by atoms with Gasteiger partial charge in [0.2, 0.25) is 6.10 Å². The number of nitrogens with two attached hydrogens (primary N) is 1. The van der Waals surface area contributed by atoms with Crippen molar-refractivity contribution in [2.24, 2.45) is 10.9 Å². The number of hydrogen-bond acceptors (Lipinski definition) is 3. The zero-order valence-electron chi connectivity index (χ0n) is 14.1. The fourth-order valence-corrected chi connectivity index (χ4v) is 3.17. The monoisotopic (exact) mass is 357 g/mol. The molecule has 2 N–H and O–H groups in total. The molecular weight excluding hydrogens is 338 g/mol. The maximum Gasteiger partial charge on any atom is 0.270 e. The van der Waals surface area contributed by atoms with Gasteiger partial charge in [-0.25, -0.2) is 0 Å². The maximum atomic E-state index is 12.8. The predicted octanol–water partition coefficient (Wildman–Crippen LogP) is 3.34. The van der Waals surface area contributed by atoms with Gasteiger partial charge in [0.25, 0.3) is 5.91 Å². The van der Waals surface area contributed by atoms with Gasteiger partial charge in [-0.3, -0.25) is 4.79 Å². The van der Waals surface area contributed by atoms with Crippen LogP contribution in [0, 0.1) is 0 Å². The number of carbonyl (C=O) groups is 1. The Morgan fingerprint density at radius 1 is 1.32 bits per heavy atom. The molecule has 2 aromatic carbocycles. The van der Waals surface area contributed by atoms with Gasteiger partial charge in [-0.1, -0.05) is 47.1 Å². The Bertz CT molecular complexity index is 822. The SMILES string of the molecule is CC(O/N=C(\N)c1cccc(Cl)c1)C(=O)N1c2ccccc2CC1C. The molecule has 0 radical (unpaired) electrons. The number of halogens is 1. The van der Waals surface area contributed by atoms with Crippen molar-refractivity contribution in [2.45, 2.75) is 32.4 Å². The lowest BCUT2D eigenvalue weighted by Crippen LogP contribution is -2.42. The third-order valence-corrected chi connectivity index (χ3v) is 4.46. The number of oxime groups is 1. The van der Waals surface area contributed by atoms with Crippen molar-refractivity contribution in [3.8, 4) is 0 Å². The van der Waals surface area contributed by atoms with E-state index in [1.54, 1.807) is 36.1 Å². The molecule has 0 saturated heterocycles. The van der Waals surface area contributed by atoms with Gasteiger partial charge >= 0.3 is 0 Å². The van der Waals surface area contributed by atoms with Crippen LogP contribution >= 0.6 is 11.6 Å². The van der Waals surface area contributed by atoms with Crippen molar-refractivity contribution in [1.29, 1.82) is 0 Å². The quantitative estimate of drug-likeness (QED) is 0.518. The number of amides is 1. The molecule has 6 heteroatoms. The number of fused-ring (bicyclic) bond motifs is 1. The molecule has 2 atom stereocenters. The van der Waals surface area contributed by atoms with Gasteiger partial charge in [0.1, 0.15) is 0 Å². The molecule has 1 aliphatic rings. The molecule has 3 rings (SSSR count). The van der Waals surface area contributed by atoms with Crippen molar-refractivity contribution in [1.82, 2.24) is 0 Å². The van der Waals surface area contributed by atoms with Crippen LogP contribution in [0.1, 0.15) is 25.0 Å². The molecule has 0 aliphatic carbocycles. The Hall–Kier alpha value is -2.53. The van der Waals surface area contributed by atoms with Crippen LogP contribution in [0.25, 0.3) is 0 Å². The van der Waals surface area contributed by atoms with E-state index in [0.29, 0.717) is 10.6 Å². The van der Waals surface area contributed by atoms with E-state index in [-0.39, 0.29) is 17.8 Å². The van der Waals surface area contributed by atoms with Crippen LogP contribution in [0.4, 0.5) is 5.69 Å². The number of para-hydroxylation sites is 1. The fraction of sp³-hybridized carbons (Fsp3) is 0.263. The average Bonchev–Trinajstić information content (AvgIpc) is 2.94. The normalized spacial score (nSPS) is 18.0. The van der Waals surface area contributed by atoms with Crippen molar-refractivity contribution in [3.63, 3.8) is 0 Å². The summed E-state index contributed by atoms with van der Waals surface area (Å²) in [5.41, 5.74) is 8.65. The number of amidine groups is 1. The van der Waals surface area contributed by atoms with E-state index in [0.717, 1.165) is 17.7 Å². The highest BCUT2D eigenvalue weighted by Crippen LogP contribution is 2.32. The summed E-state index contributed by atoms with van der Waals surface area (Å²) >= 11 is 5.94. The molecule has 1 aliphatic heterocycles. The van der Waals surface area contributed by atoms with Gasteiger partial charge < -0.3 is 15.5 Å². The van der Waals surface area contributed by atoms with Gasteiger partial charge in [0, 0.05) is 22.3 Å². The Morgan fingerprint density at radius 2 is 2.08 bits per heavy atom. The number of nitrogens with zero attached hydrogens (tertiary/aromatic N) is 2. The van der Waals surface area contributed by atoms with E-state index in [1.165, 1.54) is 0 Å². The summed E-state index contributed by atoms with van der Waals surface area (Å²) in [5, 5.41) is 4.45. The molecule has 2 unspecified atom stereocenters. The van der Waals surface area contributed by atoms with Crippen LogP contribution in [0.3, 0.4) is 0 Å². The fourth-order valence-electron chi connectivity index (χ4n) is 2.98. The van der Waals surface area contributed by atoms with Crippen LogP contribution in [-0.2, 0) is 16.1 Å². The van der Waals surface area contributed by atoms with E-state index in [9.17, 15) is 4.79 Å². The third kappa shape index (κ3) is 3.61. The Labute approximate surface area is 152 Å². The van der Waals surface area contributed by atoms with Crippen LogP contribution < -0.4 is 10.6 Å². The Kier molecular flexibility index (Phi) is 4.95. The summed E-state index contributed by atoms with van der Waals surface area (Å²) in [6.45, 7) is 3.69. The van der Waals surface area contributed by atoms with E-state index in [4.69, 9.17) is 22.2 Å². The standard InChI is InChI=1S/C19H20ClN3O2/c1-12-10-14-6-3-4-9-17(14)23(12)19(24)13(2)25-22-18(21)15-7-5-8-16(20)11-15/h3-9,11-13H,10H2,1-2H3,(H2,21,22). The number of anilines is 1. The van der Waals surface area contributed by atoms with Crippen molar-refractivity contribution in [2.75, 3.05) is 4.90 Å². The van der Waals surface area contributed by atoms with E-state index in [1.807, 2.05) is 31.2 Å². The largest absolute Gasteiger partial charge is 0.381 e. The summed E-state index contributed by atoms with van der Waals surface area (Å²) in [5.74, 6) is 0.0390. The first kappa shape index (κ1) is 17.3. The number of hydrogen-bond donors (Lipinski definition) is 1. The topological polar surface area (TPSA) is 67.9 Å². The zero-order valence-corrected chi connectivity index (χ0v) is 14.9. The van der Waals surface area contributed by atoms with Gasteiger partial charge in [-0.2, -0.15) is 0 Å². The first-order valence-corrected chi connectivity index (χ1v) is 8.51. The minimum Gasteiger partial charge on any atom is -0.381 e. The lowest BCUT2D eigenvalue weighted by atomic mass is 10.1. The van der Waals surface area contributed by atoms with Crippen molar-refractivity contribution in [3.05, 3.63) is 64.7 Å². The molecule has 130 valence electrons. The summed E-state index contributed by atoms with van der Waals surface area (Å²) < 4.78 is 0. The zero-order chi connectivity index (χ0) is 18.0. The lowest BCUT2D eigenvalue weighted by Gasteiger charge is -2.25. The molecular formula is C19H20ClN3O2. The van der Waals surface area contributed by atoms with Gasteiger partial charge in [0.05, 0.1) is 0 Å². The van der Waals surface area contributed by atoms with Crippen LogP contribution in [0.2, 0.25) is 5.02 Å². The molecule has 0 spiro atoms. The molecule has 25 heavy (non-hydrogen) atoms. The van der Waals surface area contributed by atoms with Crippen molar-refractivity contribution < 1.29 is 9.63 Å². The summed E-state index contributed by atoms with van der Waals surface area (Å²) in [6, 6.07) is 15.0. The summed E-state index contributed by atoms with van der Waals surface area (Å²) in [6.07, 6.45) is 0.0917. The maximum absolute atomic E-state index is 12.8. The minimum absolute atomic E-state index is 0.0882. The molecule has 0 fully saturated rings. The Morgan fingerprint density at radius 3 is 2.84 bits per heavy atom. The second kappa shape index (κ2) is 7.15. The highest BCUT2D eigenvalue weighted by molar-refractivity contribution is 6.31. The number of rotatable bonds is 4. The van der Waals surface area contributed by atoms with Crippen molar-refractivity contribution >= 4 is 29.0 Å². The predicted molar refractivity (Wildman–Crippen MR) is 99.8 cm³/mol. The molecule has 2 aromatic rings. The second-order valence-corrected chi connectivity index (χ2v) is 6.56. The van der Waals surface area contributed by atoms with E-state index >= 15 is 0 Å². The van der Waals surface area contributed by atoms with Gasteiger partial charge in [-0.15, -0.1) is 0 Å². The molecule has 5 nitrogen and oxygen atoms in total. The van der Waals surface area contributed by atoms with Gasteiger partial charge in [-0.05, 0) is 44.0 Å². The number of carbonyl (C=O) groups excluding carboxylic acids is 1. The molecule has 0 aromatic heterocycles. The van der Waals surface area contributed by atoms with Crippen LogP contribution in [-0.4, -0.2) is 23.9 Å². The van der Waals surface area contributed by atoms with E-state index < -0.39 is 6.10 Å². The molecule has 0 bridgehead atoms. The number of benzene rings is 2. The molecule has 0 saturated carbocycles. The summed E-state index contributed by atoms with van der Waals surface area (Å²) in [7, 11) is 0. The molecule has 1 heterocycles. The average molecular weight is 358 g/mol. The Balaban J connectivity index is 1.72. The third-order valence-electron chi connectivity index (χ3n) is 4.22. The first-order chi connectivity index (χ1) is 12.0. The van der Waals surface area contributed by atoms with E-state index in [2.05, 4.69) is 5.16 Å². The van der Waals surface area contributed by atoms with Crippen LogP contribution in [0.15, 0.2) is 53.7 Å². The highest BCUT2D eigenvalue weighted by atomic mass is 35.5. The summed E-state index contributed by atoms with van der Waals surface area (Å²) in [4.78, 5) is 19.9. The molecule has 1 amide bonds.